The normalized spacial score (nSPS) is 14.7. The molecular weight excluding hydrogens is 272 g/mol. The summed E-state index contributed by atoms with van der Waals surface area (Å²) in [6, 6.07) is 0.343. The van der Waals surface area contributed by atoms with Crippen molar-refractivity contribution in [3.8, 4) is 0 Å². The summed E-state index contributed by atoms with van der Waals surface area (Å²) in [4.78, 5) is 26.1. The first-order chi connectivity index (χ1) is 9.74. The van der Waals surface area contributed by atoms with Gasteiger partial charge in [0.1, 0.15) is 0 Å². The van der Waals surface area contributed by atoms with Gasteiger partial charge >= 0.3 is 0 Å². The molecule has 0 unspecified atom stereocenters. The summed E-state index contributed by atoms with van der Waals surface area (Å²) < 4.78 is 0. The third kappa shape index (κ3) is 2.91. The van der Waals surface area contributed by atoms with E-state index >= 15 is 0 Å². The second-order valence-electron chi connectivity index (χ2n) is 4.64. The molecule has 20 heavy (non-hydrogen) atoms. The largest absolute Gasteiger partial charge is 0.285 e. The fourth-order valence-corrected chi connectivity index (χ4v) is 2.82. The van der Waals surface area contributed by atoms with E-state index in [1.807, 2.05) is 17.5 Å². The number of aromatic nitrogens is 3. The van der Waals surface area contributed by atoms with E-state index in [-0.39, 0.29) is 5.91 Å². The predicted octanol–water partition coefficient (Wildman–Crippen LogP) is 2.62. The highest BCUT2D eigenvalue weighted by atomic mass is 32.1. The van der Waals surface area contributed by atoms with Crippen LogP contribution < -0.4 is 4.90 Å². The van der Waals surface area contributed by atoms with Gasteiger partial charge in [0.05, 0.1) is 17.6 Å². The van der Waals surface area contributed by atoms with Crippen LogP contribution in [0.15, 0.2) is 24.0 Å². The second kappa shape index (κ2) is 5.50. The van der Waals surface area contributed by atoms with Crippen molar-refractivity contribution >= 4 is 34.5 Å². The highest BCUT2D eigenvalue weighted by molar-refractivity contribution is 7.14. The molecule has 0 aromatic carbocycles. The molecule has 6 heteroatoms. The molecule has 2 heterocycles. The molecule has 3 rings (SSSR count). The highest BCUT2D eigenvalue weighted by Gasteiger charge is 2.33. The Labute approximate surface area is 121 Å². The Morgan fingerprint density at radius 2 is 2.15 bits per heavy atom. The van der Waals surface area contributed by atoms with Crippen molar-refractivity contribution in [1.82, 2.24) is 15.0 Å². The first kappa shape index (κ1) is 12.9. The molecule has 0 radical (unpaired) electrons. The Kier molecular flexibility index (Phi) is 3.56. The molecule has 1 saturated carbocycles. The minimum atomic E-state index is 0.0614. The van der Waals surface area contributed by atoms with Crippen LogP contribution in [-0.2, 0) is 4.79 Å². The van der Waals surface area contributed by atoms with E-state index in [2.05, 4.69) is 15.0 Å². The average molecular weight is 286 g/mol. The average Bonchev–Trinajstić information content (AvgIpc) is 3.16. The lowest BCUT2D eigenvalue weighted by molar-refractivity contribution is -0.116. The zero-order chi connectivity index (χ0) is 13.9. The molecule has 0 atom stereocenters. The van der Waals surface area contributed by atoms with Crippen molar-refractivity contribution in [3.05, 3.63) is 35.4 Å². The first-order valence-corrected chi connectivity index (χ1v) is 7.31. The molecule has 0 spiro atoms. The van der Waals surface area contributed by atoms with E-state index in [1.165, 1.54) is 11.3 Å². The monoisotopic (exact) mass is 286 g/mol. The van der Waals surface area contributed by atoms with E-state index in [0.717, 1.165) is 29.4 Å². The maximum Gasteiger partial charge on any atom is 0.225 e. The molecule has 2 aromatic rings. The Balaban J connectivity index is 1.76. The Morgan fingerprint density at radius 1 is 1.35 bits per heavy atom. The Morgan fingerprint density at radius 3 is 2.80 bits per heavy atom. The Bertz CT molecular complexity index is 634. The topological polar surface area (TPSA) is 59.0 Å². The summed E-state index contributed by atoms with van der Waals surface area (Å²) in [6.07, 6.45) is 10.9. The van der Waals surface area contributed by atoms with Crippen LogP contribution in [0.2, 0.25) is 0 Å². The quantitative estimate of drug-likeness (QED) is 0.867. The molecule has 1 amide bonds. The zero-order valence-electron chi connectivity index (χ0n) is 11.1. The smallest absolute Gasteiger partial charge is 0.225 e. The van der Waals surface area contributed by atoms with Gasteiger partial charge in [0.2, 0.25) is 5.91 Å². The van der Waals surface area contributed by atoms with Gasteiger partial charge in [0, 0.05) is 30.7 Å². The van der Waals surface area contributed by atoms with Gasteiger partial charge in [-0.3, -0.25) is 19.7 Å². The van der Waals surface area contributed by atoms with Crippen LogP contribution in [0.4, 0.5) is 5.13 Å². The fourth-order valence-electron chi connectivity index (χ4n) is 1.91. The molecule has 2 aromatic heterocycles. The zero-order valence-corrected chi connectivity index (χ0v) is 11.9. The van der Waals surface area contributed by atoms with E-state index < -0.39 is 0 Å². The van der Waals surface area contributed by atoms with Crippen molar-refractivity contribution in [1.29, 1.82) is 0 Å². The minimum absolute atomic E-state index is 0.0614. The summed E-state index contributed by atoms with van der Waals surface area (Å²) in [5.41, 5.74) is 1.62. The van der Waals surface area contributed by atoms with Crippen molar-refractivity contribution in [2.75, 3.05) is 4.90 Å². The van der Waals surface area contributed by atoms with Crippen LogP contribution >= 0.6 is 11.3 Å². The number of anilines is 1. The number of rotatable bonds is 4. The SMILES string of the molecule is CC(=O)N(c1nc(/C=C/c2cnccn2)cs1)C1CC1. The summed E-state index contributed by atoms with van der Waals surface area (Å²) in [5.74, 6) is 0.0614. The van der Waals surface area contributed by atoms with Crippen LogP contribution in [0.1, 0.15) is 31.2 Å². The molecule has 1 aliphatic rings. The maximum atomic E-state index is 11.7. The first-order valence-electron chi connectivity index (χ1n) is 6.43. The molecular formula is C14H14N4OS. The van der Waals surface area contributed by atoms with Gasteiger partial charge in [-0.25, -0.2) is 4.98 Å². The lowest BCUT2D eigenvalue weighted by Crippen LogP contribution is -2.30. The molecule has 1 aliphatic carbocycles. The second-order valence-corrected chi connectivity index (χ2v) is 5.48. The summed E-state index contributed by atoms with van der Waals surface area (Å²) in [5, 5.41) is 2.72. The van der Waals surface area contributed by atoms with Crippen LogP contribution in [-0.4, -0.2) is 26.9 Å². The lowest BCUT2D eigenvalue weighted by atomic mass is 10.3. The standard InChI is InChI=1S/C14H14N4OS/c1-10(19)18(13-4-5-13)14-17-12(9-20-14)3-2-11-8-15-6-7-16-11/h2-3,6-9,13H,4-5H2,1H3/b3-2+. The lowest BCUT2D eigenvalue weighted by Gasteiger charge is -2.16. The van der Waals surface area contributed by atoms with Gasteiger partial charge in [0.15, 0.2) is 5.13 Å². The number of thiazole rings is 1. The van der Waals surface area contributed by atoms with Crippen molar-refractivity contribution < 1.29 is 4.79 Å². The third-order valence-corrected chi connectivity index (χ3v) is 3.83. The van der Waals surface area contributed by atoms with Gasteiger partial charge in [-0.15, -0.1) is 11.3 Å². The molecule has 5 nitrogen and oxygen atoms in total. The van der Waals surface area contributed by atoms with Crippen LogP contribution in [0, 0.1) is 0 Å². The summed E-state index contributed by atoms with van der Waals surface area (Å²) in [7, 11) is 0. The van der Waals surface area contributed by atoms with Crippen LogP contribution in [0.5, 0.6) is 0 Å². The van der Waals surface area contributed by atoms with E-state index in [1.54, 1.807) is 30.4 Å². The minimum Gasteiger partial charge on any atom is -0.285 e. The maximum absolute atomic E-state index is 11.7. The van der Waals surface area contributed by atoms with Crippen molar-refractivity contribution in [2.45, 2.75) is 25.8 Å². The van der Waals surface area contributed by atoms with E-state index in [0.29, 0.717) is 6.04 Å². The molecule has 0 saturated heterocycles. The van der Waals surface area contributed by atoms with E-state index in [4.69, 9.17) is 0 Å². The molecule has 0 bridgehead atoms. The number of amides is 1. The molecule has 0 N–H and O–H groups in total. The van der Waals surface area contributed by atoms with Gasteiger partial charge in [-0.2, -0.15) is 0 Å². The highest BCUT2D eigenvalue weighted by Crippen LogP contribution is 2.33. The third-order valence-electron chi connectivity index (χ3n) is 2.98. The number of carbonyl (C=O) groups is 1. The van der Waals surface area contributed by atoms with Crippen molar-refractivity contribution in [3.63, 3.8) is 0 Å². The molecule has 1 fully saturated rings. The van der Waals surface area contributed by atoms with Crippen molar-refractivity contribution in [2.24, 2.45) is 0 Å². The number of carbonyl (C=O) groups excluding carboxylic acids is 1. The van der Waals surface area contributed by atoms with Gasteiger partial charge < -0.3 is 0 Å². The van der Waals surface area contributed by atoms with Crippen LogP contribution in [0.25, 0.3) is 12.2 Å². The predicted molar refractivity (Wildman–Crippen MR) is 79.3 cm³/mol. The molecule has 0 aliphatic heterocycles. The fraction of sp³-hybridized carbons (Fsp3) is 0.286. The summed E-state index contributed by atoms with van der Waals surface area (Å²) in [6.45, 7) is 1.59. The number of nitrogens with zero attached hydrogens (tertiary/aromatic N) is 4. The van der Waals surface area contributed by atoms with Crippen LogP contribution in [0.3, 0.4) is 0 Å². The number of hydrogen-bond donors (Lipinski definition) is 0. The van der Waals surface area contributed by atoms with Gasteiger partial charge in [-0.05, 0) is 25.0 Å². The number of hydrogen-bond acceptors (Lipinski definition) is 5. The molecule has 102 valence electrons. The summed E-state index contributed by atoms with van der Waals surface area (Å²) >= 11 is 1.50. The van der Waals surface area contributed by atoms with E-state index in [9.17, 15) is 4.79 Å². The van der Waals surface area contributed by atoms with Gasteiger partial charge in [-0.1, -0.05) is 0 Å². The Hall–Kier alpha value is -2.08. The van der Waals surface area contributed by atoms with Gasteiger partial charge in [0.25, 0.3) is 0 Å².